The number of piperidine rings is 2. The lowest BCUT2D eigenvalue weighted by Crippen LogP contribution is -2.69. The third-order valence-electron chi connectivity index (χ3n) is 5.41. The van der Waals surface area contributed by atoms with E-state index in [0.717, 1.165) is 39.0 Å². The third-order valence-corrected chi connectivity index (χ3v) is 7.11. The van der Waals surface area contributed by atoms with Gasteiger partial charge in [-0.05, 0) is 38.7 Å². The van der Waals surface area contributed by atoms with Crippen molar-refractivity contribution in [2.45, 2.75) is 48.6 Å². The van der Waals surface area contributed by atoms with E-state index in [1.54, 1.807) is 0 Å². The van der Waals surface area contributed by atoms with Crippen LogP contribution in [-0.2, 0) is 9.47 Å². The van der Waals surface area contributed by atoms with Crippen LogP contribution in [0.1, 0.15) is 38.4 Å². The Morgan fingerprint density at radius 3 is 2.26 bits per heavy atom. The van der Waals surface area contributed by atoms with Gasteiger partial charge in [-0.15, -0.1) is 0 Å². The molecule has 0 spiro atoms. The number of nitrogens with zero attached hydrogens (tertiary/aromatic N) is 1. The van der Waals surface area contributed by atoms with Crippen LogP contribution in [0.25, 0.3) is 0 Å². The van der Waals surface area contributed by atoms with E-state index in [1.165, 1.54) is 5.56 Å². The van der Waals surface area contributed by atoms with Crippen molar-refractivity contribution in [2.75, 3.05) is 39.4 Å². The SMILES string of the molecule is CCOC1CNCC(OCC)C1(I)NC(c1ccccc1)N1CC[CH]CC1. The van der Waals surface area contributed by atoms with Crippen LogP contribution in [-0.4, -0.2) is 60.0 Å². The molecule has 6 heteroatoms. The first-order valence-corrected chi connectivity index (χ1v) is 11.3. The summed E-state index contributed by atoms with van der Waals surface area (Å²) in [6, 6.07) is 10.8. The van der Waals surface area contributed by atoms with Crippen molar-refractivity contribution >= 4 is 22.6 Å². The fraction of sp³-hybridized carbons (Fsp3) is 0.667. The second-order valence-corrected chi connectivity index (χ2v) is 8.96. The first-order valence-electron chi connectivity index (χ1n) is 10.2. The largest absolute Gasteiger partial charge is 0.374 e. The van der Waals surface area contributed by atoms with E-state index in [0.29, 0.717) is 13.2 Å². The minimum absolute atomic E-state index is 0.0518. The van der Waals surface area contributed by atoms with E-state index >= 15 is 0 Å². The number of hydrogen-bond donors (Lipinski definition) is 2. The predicted molar refractivity (Wildman–Crippen MR) is 118 cm³/mol. The number of halogens is 1. The Kier molecular flexibility index (Phi) is 8.35. The number of alkyl halides is 1. The van der Waals surface area contributed by atoms with E-state index in [4.69, 9.17) is 9.47 Å². The summed E-state index contributed by atoms with van der Waals surface area (Å²) >= 11 is 2.56. The Labute approximate surface area is 177 Å². The normalized spacial score (nSPS) is 30.9. The van der Waals surface area contributed by atoms with Crippen LogP contribution >= 0.6 is 22.6 Å². The van der Waals surface area contributed by atoms with Gasteiger partial charge in [-0.1, -0.05) is 52.9 Å². The summed E-state index contributed by atoms with van der Waals surface area (Å²) < 4.78 is 12.0. The lowest BCUT2D eigenvalue weighted by atomic mass is 9.97. The molecule has 3 unspecified atom stereocenters. The molecule has 0 saturated carbocycles. The van der Waals surface area contributed by atoms with Gasteiger partial charge in [-0.2, -0.15) is 0 Å². The molecule has 2 N–H and O–H groups in total. The van der Waals surface area contributed by atoms with Crippen LogP contribution in [0.3, 0.4) is 0 Å². The van der Waals surface area contributed by atoms with Crippen molar-refractivity contribution in [3.63, 3.8) is 0 Å². The Bertz CT molecular complexity index is 536. The fourth-order valence-electron chi connectivity index (χ4n) is 4.06. The van der Waals surface area contributed by atoms with Gasteiger partial charge >= 0.3 is 0 Å². The first-order chi connectivity index (χ1) is 13.2. The summed E-state index contributed by atoms with van der Waals surface area (Å²) in [5.74, 6) is 0. The van der Waals surface area contributed by atoms with Crippen molar-refractivity contribution in [3.8, 4) is 0 Å². The lowest BCUT2D eigenvalue weighted by Gasteiger charge is -2.49. The monoisotopic (exact) mass is 486 g/mol. The second kappa shape index (κ2) is 10.5. The molecular formula is C21H33IN3O2. The summed E-state index contributed by atoms with van der Waals surface area (Å²) in [7, 11) is 0. The predicted octanol–water partition coefficient (Wildman–Crippen LogP) is 3.12. The number of rotatable bonds is 8. The highest BCUT2D eigenvalue weighted by atomic mass is 127. The van der Waals surface area contributed by atoms with E-state index in [2.05, 4.69) is 88.7 Å². The van der Waals surface area contributed by atoms with Gasteiger partial charge < -0.3 is 14.8 Å². The summed E-state index contributed by atoms with van der Waals surface area (Å²) in [4.78, 5) is 2.56. The molecule has 2 aliphatic rings. The highest BCUT2D eigenvalue weighted by Gasteiger charge is 2.49. The molecule has 2 saturated heterocycles. The molecule has 27 heavy (non-hydrogen) atoms. The standard InChI is InChI=1S/C21H33IN3O2/c1-3-26-18-15-23-16-19(27-4-2)21(18,22)24-20(17-11-7-5-8-12-17)25-13-9-6-10-14-25/h5-8,11-12,18-20,23-24H,3-4,9-10,13-16H2,1-2H3. The molecule has 3 rings (SSSR count). The molecule has 0 aromatic heterocycles. The first kappa shape index (κ1) is 21.5. The maximum Gasteiger partial charge on any atom is 0.127 e. The topological polar surface area (TPSA) is 45.8 Å². The average molecular weight is 486 g/mol. The van der Waals surface area contributed by atoms with Gasteiger partial charge in [0.2, 0.25) is 0 Å². The molecule has 1 aromatic carbocycles. The molecule has 0 aliphatic carbocycles. The van der Waals surface area contributed by atoms with Crippen LogP contribution in [0, 0.1) is 6.42 Å². The molecule has 0 bridgehead atoms. The van der Waals surface area contributed by atoms with Gasteiger partial charge in [-0.25, -0.2) is 0 Å². The number of benzene rings is 1. The molecule has 2 fully saturated rings. The zero-order valence-corrected chi connectivity index (χ0v) is 18.7. The van der Waals surface area contributed by atoms with Crippen molar-refractivity contribution in [2.24, 2.45) is 0 Å². The van der Waals surface area contributed by atoms with Gasteiger partial charge in [-0.3, -0.25) is 10.2 Å². The molecule has 2 heterocycles. The van der Waals surface area contributed by atoms with Crippen molar-refractivity contribution in [1.29, 1.82) is 0 Å². The van der Waals surface area contributed by atoms with Crippen LogP contribution < -0.4 is 10.6 Å². The molecular weight excluding hydrogens is 453 g/mol. The van der Waals surface area contributed by atoms with Crippen molar-refractivity contribution < 1.29 is 9.47 Å². The highest BCUT2D eigenvalue weighted by molar-refractivity contribution is 14.1. The lowest BCUT2D eigenvalue weighted by molar-refractivity contribution is -0.0747. The van der Waals surface area contributed by atoms with Crippen molar-refractivity contribution in [3.05, 3.63) is 42.3 Å². The molecule has 3 atom stereocenters. The molecule has 2 aliphatic heterocycles. The smallest absolute Gasteiger partial charge is 0.127 e. The number of hydrogen-bond acceptors (Lipinski definition) is 5. The summed E-state index contributed by atoms with van der Waals surface area (Å²) in [6.45, 7) is 9.36. The minimum Gasteiger partial charge on any atom is -0.374 e. The summed E-state index contributed by atoms with van der Waals surface area (Å²) in [6.07, 6.45) is 4.94. The zero-order chi connectivity index (χ0) is 19.1. The van der Waals surface area contributed by atoms with Gasteiger partial charge in [0, 0.05) is 39.4 Å². The van der Waals surface area contributed by atoms with Gasteiger partial charge in [0.05, 0.1) is 18.4 Å². The highest BCUT2D eigenvalue weighted by Crippen LogP contribution is 2.36. The number of likely N-dealkylation sites (tertiary alicyclic amines) is 1. The van der Waals surface area contributed by atoms with E-state index in [1.807, 2.05) is 0 Å². The maximum atomic E-state index is 6.16. The van der Waals surface area contributed by atoms with Crippen LogP contribution in [0.2, 0.25) is 0 Å². The Morgan fingerprint density at radius 1 is 1.11 bits per heavy atom. The van der Waals surface area contributed by atoms with Gasteiger partial charge in [0.15, 0.2) is 0 Å². The average Bonchev–Trinajstić information content (AvgIpc) is 2.71. The zero-order valence-electron chi connectivity index (χ0n) is 16.5. The van der Waals surface area contributed by atoms with E-state index in [-0.39, 0.29) is 21.9 Å². The van der Waals surface area contributed by atoms with Gasteiger partial charge in [0.25, 0.3) is 0 Å². The van der Waals surface area contributed by atoms with E-state index in [9.17, 15) is 0 Å². The Hall–Kier alpha value is -0.250. The Balaban J connectivity index is 1.89. The quantitative estimate of drug-likeness (QED) is 0.336. The fourth-order valence-corrected chi connectivity index (χ4v) is 5.15. The Morgan fingerprint density at radius 2 is 1.70 bits per heavy atom. The summed E-state index contributed by atoms with van der Waals surface area (Å²) in [5, 5.41) is 7.49. The van der Waals surface area contributed by atoms with Crippen molar-refractivity contribution in [1.82, 2.24) is 15.5 Å². The second-order valence-electron chi connectivity index (χ2n) is 7.17. The molecule has 1 radical (unpaired) electrons. The minimum atomic E-state index is -0.295. The summed E-state index contributed by atoms with van der Waals surface area (Å²) in [5.41, 5.74) is 1.31. The maximum absolute atomic E-state index is 6.16. The van der Waals surface area contributed by atoms with E-state index < -0.39 is 0 Å². The molecule has 151 valence electrons. The molecule has 0 amide bonds. The van der Waals surface area contributed by atoms with Gasteiger partial charge in [0.1, 0.15) is 3.55 Å². The molecule has 5 nitrogen and oxygen atoms in total. The molecule has 1 aromatic rings. The third kappa shape index (κ3) is 5.22. The van der Waals surface area contributed by atoms with Crippen LogP contribution in [0.5, 0.6) is 0 Å². The van der Waals surface area contributed by atoms with Crippen LogP contribution in [0.15, 0.2) is 30.3 Å². The number of nitrogens with one attached hydrogen (secondary N) is 2. The van der Waals surface area contributed by atoms with Crippen LogP contribution in [0.4, 0.5) is 0 Å². The number of ether oxygens (including phenoxy) is 2.